The molecule has 3 heterocycles. The summed E-state index contributed by atoms with van der Waals surface area (Å²) in [6.45, 7) is 0.782. The Morgan fingerprint density at radius 2 is 1.97 bits per heavy atom. The van der Waals surface area contributed by atoms with E-state index in [1.807, 2.05) is 0 Å². The van der Waals surface area contributed by atoms with Gasteiger partial charge in [-0.1, -0.05) is 6.07 Å². The standard InChI is InChI=1S/C19H19ClF2N8O3/c1-33-8-7-28-16-15(23-18(20)24-16)17(31)29(19(28)32)5-2-6-30-26-14(25-27-30)9-11-3-4-12(21)10-13(11)22/h3-4,10H,2,5-9H2,1H3,(H,23,24). The fourth-order valence-corrected chi connectivity index (χ4v) is 3.54. The van der Waals surface area contributed by atoms with Gasteiger partial charge in [0.25, 0.3) is 5.56 Å². The monoisotopic (exact) mass is 480 g/mol. The maximum Gasteiger partial charge on any atom is 0.332 e. The fourth-order valence-electron chi connectivity index (χ4n) is 3.37. The van der Waals surface area contributed by atoms with E-state index >= 15 is 0 Å². The maximum atomic E-state index is 13.8. The van der Waals surface area contributed by atoms with Crippen LogP contribution in [-0.2, 0) is 30.8 Å². The normalized spacial score (nSPS) is 11.5. The number of methoxy groups -OCH3 is 1. The number of hydrogen-bond donors (Lipinski definition) is 1. The lowest BCUT2D eigenvalue weighted by molar-refractivity contribution is 0.186. The summed E-state index contributed by atoms with van der Waals surface area (Å²) < 4.78 is 34.3. The zero-order valence-corrected chi connectivity index (χ0v) is 18.2. The molecule has 14 heteroatoms. The quantitative estimate of drug-likeness (QED) is 0.356. The third-order valence-corrected chi connectivity index (χ3v) is 5.13. The van der Waals surface area contributed by atoms with E-state index in [1.54, 1.807) is 0 Å². The van der Waals surface area contributed by atoms with E-state index in [9.17, 15) is 18.4 Å². The molecule has 0 aliphatic heterocycles. The molecule has 1 N–H and O–H groups in total. The number of rotatable bonds is 9. The van der Waals surface area contributed by atoms with Gasteiger partial charge in [0.05, 0.1) is 19.7 Å². The van der Waals surface area contributed by atoms with Crippen LogP contribution in [0.25, 0.3) is 11.2 Å². The number of nitrogens with one attached hydrogen (secondary N) is 1. The molecule has 3 aromatic heterocycles. The number of halogens is 3. The van der Waals surface area contributed by atoms with Crippen molar-refractivity contribution in [1.29, 1.82) is 0 Å². The van der Waals surface area contributed by atoms with Crippen molar-refractivity contribution in [1.82, 2.24) is 39.3 Å². The van der Waals surface area contributed by atoms with Crippen molar-refractivity contribution in [3.63, 3.8) is 0 Å². The third kappa shape index (κ3) is 4.83. The highest BCUT2D eigenvalue weighted by atomic mass is 35.5. The van der Waals surface area contributed by atoms with Crippen LogP contribution in [0, 0.1) is 11.6 Å². The van der Waals surface area contributed by atoms with Gasteiger partial charge < -0.3 is 9.72 Å². The van der Waals surface area contributed by atoms with E-state index in [0.29, 0.717) is 6.42 Å². The highest BCUT2D eigenvalue weighted by Gasteiger charge is 2.17. The van der Waals surface area contributed by atoms with Crippen molar-refractivity contribution >= 4 is 22.8 Å². The average molecular weight is 481 g/mol. The van der Waals surface area contributed by atoms with Crippen LogP contribution in [0.2, 0.25) is 5.28 Å². The molecule has 33 heavy (non-hydrogen) atoms. The van der Waals surface area contributed by atoms with Gasteiger partial charge in [-0.3, -0.25) is 13.9 Å². The molecule has 0 amide bonds. The Balaban J connectivity index is 1.48. The van der Waals surface area contributed by atoms with Crippen LogP contribution in [0.4, 0.5) is 8.78 Å². The zero-order valence-electron chi connectivity index (χ0n) is 17.5. The Kier molecular flexibility index (Phi) is 6.60. The molecule has 0 fully saturated rings. The van der Waals surface area contributed by atoms with Gasteiger partial charge in [0.15, 0.2) is 17.0 Å². The summed E-state index contributed by atoms with van der Waals surface area (Å²) in [5.74, 6) is -1.10. The van der Waals surface area contributed by atoms with Crippen LogP contribution in [-0.4, -0.2) is 53.0 Å². The lowest BCUT2D eigenvalue weighted by Gasteiger charge is -2.10. The first-order chi connectivity index (χ1) is 15.9. The number of H-pyrrole nitrogens is 1. The van der Waals surface area contributed by atoms with Gasteiger partial charge in [-0.15, -0.1) is 10.2 Å². The minimum Gasteiger partial charge on any atom is -0.383 e. The van der Waals surface area contributed by atoms with Crippen molar-refractivity contribution in [2.75, 3.05) is 13.7 Å². The van der Waals surface area contributed by atoms with Gasteiger partial charge in [0, 0.05) is 26.1 Å². The second-order valence-electron chi connectivity index (χ2n) is 7.18. The fraction of sp³-hybridized carbons (Fsp3) is 0.368. The minimum absolute atomic E-state index is 0.00218. The lowest BCUT2D eigenvalue weighted by Crippen LogP contribution is -2.41. The summed E-state index contributed by atoms with van der Waals surface area (Å²) in [5, 5.41) is 11.9. The van der Waals surface area contributed by atoms with Crippen LogP contribution in [0.15, 0.2) is 27.8 Å². The van der Waals surface area contributed by atoms with E-state index in [1.165, 1.54) is 22.5 Å². The van der Waals surface area contributed by atoms with Crippen LogP contribution >= 0.6 is 11.6 Å². The molecule has 0 saturated carbocycles. The number of aromatic nitrogens is 8. The number of benzene rings is 1. The smallest absolute Gasteiger partial charge is 0.332 e. The maximum absolute atomic E-state index is 13.8. The number of aryl methyl sites for hydroxylation is 1. The molecule has 0 saturated heterocycles. The number of imidazole rings is 1. The zero-order chi connectivity index (χ0) is 23.5. The third-order valence-electron chi connectivity index (χ3n) is 4.95. The van der Waals surface area contributed by atoms with E-state index < -0.39 is 22.9 Å². The summed E-state index contributed by atoms with van der Waals surface area (Å²) in [4.78, 5) is 33.7. The number of tetrazole rings is 1. The Morgan fingerprint density at radius 3 is 2.73 bits per heavy atom. The predicted molar refractivity (Wildman–Crippen MR) is 113 cm³/mol. The summed E-state index contributed by atoms with van der Waals surface area (Å²) in [5.41, 5.74) is -0.545. The summed E-state index contributed by atoms with van der Waals surface area (Å²) in [7, 11) is 1.50. The number of aromatic amines is 1. The predicted octanol–water partition coefficient (Wildman–Crippen LogP) is 1.13. The van der Waals surface area contributed by atoms with Gasteiger partial charge in [0.1, 0.15) is 11.6 Å². The second-order valence-corrected chi connectivity index (χ2v) is 7.54. The Morgan fingerprint density at radius 1 is 1.15 bits per heavy atom. The summed E-state index contributed by atoms with van der Waals surface area (Å²) >= 11 is 5.90. The minimum atomic E-state index is -0.690. The lowest BCUT2D eigenvalue weighted by atomic mass is 10.1. The first kappa shape index (κ1) is 22.7. The van der Waals surface area contributed by atoms with Crippen molar-refractivity contribution in [2.24, 2.45) is 0 Å². The van der Waals surface area contributed by atoms with Gasteiger partial charge in [0.2, 0.25) is 5.28 Å². The van der Waals surface area contributed by atoms with Gasteiger partial charge in [-0.25, -0.2) is 13.6 Å². The molecule has 11 nitrogen and oxygen atoms in total. The van der Waals surface area contributed by atoms with Crippen molar-refractivity contribution in [3.8, 4) is 0 Å². The number of ether oxygens (including phenoxy) is 1. The molecule has 0 aliphatic carbocycles. The molecule has 1 aromatic carbocycles. The van der Waals surface area contributed by atoms with Gasteiger partial charge >= 0.3 is 5.69 Å². The van der Waals surface area contributed by atoms with Crippen LogP contribution in [0.1, 0.15) is 17.8 Å². The topological polar surface area (TPSA) is 126 Å². The average Bonchev–Trinajstić information content (AvgIpc) is 3.39. The number of nitrogens with zero attached hydrogens (tertiary/aromatic N) is 7. The molecule has 4 aromatic rings. The van der Waals surface area contributed by atoms with Crippen molar-refractivity contribution in [3.05, 3.63) is 67.3 Å². The van der Waals surface area contributed by atoms with E-state index in [0.717, 1.165) is 16.7 Å². The van der Waals surface area contributed by atoms with E-state index in [-0.39, 0.29) is 60.5 Å². The first-order valence-electron chi connectivity index (χ1n) is 9.95. The van der Waals surface area contributed by atoms with Crippen LogP contribution in [0.3, 0.4) is 0 Å². The highest BCUT2D eigenvalue weighted by molar-refractivity contribution is 6.28. The van der Waals surface area contributed by atoms with Crippen LogP contribution in [0.5, 0.6) is 0 Å². The van der Waals surface area contributed by atoms with Gasteiger partial charge in [-0.2, -0.15) is 9.78 Å². The first-order valence-corrected chi connectivity index (χ1v) is 10.3. The largest absolute Gasteiger partial charge is 0.383 e. The molecular formula is C19H19ClF2N8O3. The Bertz CT molecular complexity index is 1410. The van der Waals surface area contributed by atoms with Crippen molar-refractivity contribution in [2.45, 2.75) is 32.5 Å². The molecule has 0 bridgehead atoms. The van der Waals surface area contributed by atoms with E-state index in [4.69, 9.17) is 16.3 Å². The molecule has 0 spiro atoms. The Hall–Kier alpha value is -3.45. The van der Waals surface area contributed by atoms with Crippen LogP contribution < -0.4 is 11.2 Å². The SMILES string of the molecule is COCCn1c(=O)n(CCCn2nnc(Cc3ccc(F)cc3F)n2)c(=O)c2[nH]c(Cl)nc21. The highest BCUT2D eigenvalue weighted by Crippen LogP contribution is 2.12. The molecular weight excluding hydrogens is 462 g/mol. The summed E-state index contributed by atoms with van der Waals surface area (Å²) in [6.07, 6.45) is 0.389. The number of hydrogen-bond acceptors (Lipinski definition) is 7. The molecule has 0 unspecified atom stereocenters. The molecule has 0 atom stereocenters. The molecule has 0 aliphatic rings. The van der Waals surface area contributed by atoms with Crippen molar-refractivity contribution < 1.29 is 13.5 Å². The molecule has 4 rings (SSSR count). The second kappa shape index (κ2) is 9.58. The van der Waals surface area contributed by atoms with E-state index in [2.05, 4.69) is 25.4 Å². The van der Waals surface area contributed by atoms with Gasteiger partial charge in [-0.05, 0) is 34.9 Å². The molecule has 0 radical (unpaired) electrons. The molecule has 174 valence electrons. The number of fused-ring (bicyclic) bond motifs is 1. The summed E-state index contributed by atoms with van der Waals surface area (Å²) in [6, 6.07) is 3.27. The Labute approximate surface area is 189 Å².